The molecule has 2 amide bonds. The number of anilines is 1. The first kappa shape index (κ1) is 20.3. The second-order valence-corrected chi connectivity index (χ2v) is 8.43. The summed E-state index contributed by atoms with van der Waals surface area (Å²) in [6, 6.07) is 1.59. The maximum atomic E-state index is 12.9. The van der Waals surface area contributed by atoms with Crippen molar-refractivity contribution in [1.82, 2.24) is 35.5 Å². The summed E-state index contributed by atoms with van der Waals surface area (Å²) in [7, 11) is 0. The molecule has 1 atom stereocenters. The number of carbonyl (C=O) groups excluding carboxylic acids is 2. The van der Waals surface area contributed by atoms with Crippen LogP contribution in [0.25, 0.3) is 11.5 Å². The number of nitrogens with zero attached hydrogens (tertiary/aromatic N) is 4. The van der Waals surface area contributed by atoms with Crippen molar-refractivity contribution in [2.45, 2.75) is 64.3 Å². The van der Waals surface area contributed by atoms with E-state index in [1.807, 2.05) is 13.0 Å². The van der Waals surface area contributed by atoms with Gasteiger partial charge in [0.25, 0.3) is 5.91 Å². The van der Waals surface area contributed by atoms with Crippen molar-refractivity contribution >= 4 is 17.6 Å². The number of rotatable bonds is 4. The Morgan fingerprint density at radius 3 is 2.81 bits per heavy atom. The van der Waals surface area contributed by atoms with E-state index in [2.05, 4.69) is 35.8 Å². The van der Waals surface area contributed by atoms with Gasteiger partial charge in [-0.25, -0.2) is 15.0 Å². The number of aryl methyl sites for hydroxylation is 2. The molecule has 0 unspecified atom stereocenters. The summed E-state index contributed by atoms with van der Waals surface area (Å²) in [5.74, 6) is 0.751. The van der Waals surface area contributed by atoms with Crippen LogP contribution in [0.5, 0.6) is 0 Å². The number of nitrogens with one attached hydrogen (secondary N) is 4. The Balaban J connectivity index is 1.31. The summed E-state index contributed by atoms with van der Waals surface area (Å²) in [5, 5.41) is 13.1. The first-order valence-corrected chi connectivity index (χ1v) is 11.2. The predicted molar refractivity (Wildman–Crippen MR) is 117 cm³/mol. The minimum Gasteiger partial charge on any atom is -0.343 e. The molecule has 3 aromatic heterocycles. The lowest BCUT2D eigenvalue weighted by molar-refractivity contribution is -0.116. The Morgan fingerprint density at radius 2 is 1.94 bits per heavy atom. The lowest BCUT2D eigenvalue weighted by Crippen LogP contribution is -2.31. The second kappa shape index (κ2) is 8.52. The molecule has 1 aliphatic carbocycles. The van der Waals surface area contributed by atoms with E-state index in [0.29, 0.717) is 24.2 Å². The van der Waals surface area contributed by atoms with Crippen molar-refractivity contribution in [1.29, 1.82) is 0 Å². The van der Waals surface area contributed by atoms with Crippen LogP contribution in [0.15, 0.2) is 12.4 Å². The zero-order chi connectivity index (χ0) is 22.1. The van der Waals surface area contributed by atoms with Crippen LogP contribution < -0.4 is 10.6 Å². The van der Waals surface area contributed by atoms with Gasteiger partial charge in [-0.15, -0.1) is 0 Å². The normalized spacial score (nSPS) is 16.8. The van der Waals surface area contributed by atoms with Crippen LogP contribution in [0.4, 0.5) is 5.82 Å². The van der Waals surface area contributed by atoms with Crippen molar-refractivity contribution in [3.8, 4) is 11.5 Å². The van der Waals surface area contributed by atoms with Crippen molar-refractivity contribution < 1.29 is 9.59 Å². The molecule has 0 radical (unpaired) electrons. The van der Waals surface area contributed by atoms with Gasteiger partial charge < -0.3 is 15.6 Å². The Morgan fingerprint density at radius 1 is 1.09 bits per heavy atom. The molecular weight excluding hydrogens is 408 g/mol. The van der Waals surface area contributed by atoms with Gasteiger partial charge in [0.2, 0.25) is 5.91 Å². The van der Waals surface area contributed by atoms with Crippen LogP contribution in [0.1, 0.15) is 78.2 Å². The zero-order valence-electron chi connectivity index (χ0n) is 18.0. The minimum absolute atomic E-state index is 0.105. The van der Waals surface area contributed by atoms with Gasteiger partial charge in [-0.3, -0.25) is 14.7 Å². The first-order valence-electron chi connectivity index (χ1n) is 11.2. The summed E-state index contributed by atoms with van der Waals surface area (Å²) in [6.07, 6.45) is 8.94. The molecule has 1 aliphatic heterocycles. The number of fused-ring (bicyclic) bond motifs is 2. The minimum atomic E-state index is -0.316. The Hall–Kier alpha value is -3.56. The summed E-state index contributed by atoms with van der Waals surface area (Å²) in [4.78, 5) is 40.9. The van der Waals surface area contributed by atoms with Crippen LogP contribution in [0, 0.1) is 0 Å². The number of carbonyl (C=O) groups is 2. The van der Waals surface area contributed by atoms with E-state index >= 15 is 0 Å². The number of hydrogen-bond donors (Lipinski definition) is 4. The van der Waals surface area contributed by atoms with E-state index in [9.17, 15) is 9.59 Å². The quantitative estimate of drug-likeness (QED) is 0.497. The van der Waals surface area contributed by atoms with Gasteiger partial charge in [0, 0.05) is 17.7 Å². The van der Waals surface area contributed by atoms with E-state index in [0.717, 1.165) is 35.7 Å². The van der Waals surface area contributed by atoms with Gasteiger partial charge in [0.15, 0.2) is 5.82 Å². The fraction of sp³-hybridized carbons (Fsp3) is 0.455. The molecule has 0 spiro atoms. The first-order chi connectivity index (χ1) is 15.6. The van der Waals surface area contributed by atoms with E-state index in [4.69, 9.17) is 4.98 Å². The molecule has 0 fully saturated rings. The molecule has 4 N–H and O–H groups in total. The molecule has 0 saturated carbocycles. The lowest BCUT2D eigenvalue weighted by atomic mass is 10.0. The number of H-pyrrole nitrogens is 2. The molecule has 3 aromatic rings. The number of aromatic nitrogens is 6. The molecule has 0 bridgehead atoms. The van der Waals surface area contributed by atoms with Gasteiger partial charge in [-0.05, 0) is 45.1 Å². The largest absolute Gasteiger partial charge is 0.343 e. The third-order valence-electron chi connectivity index (χ3n) is 6.13. The third-order valence-corrected chi connectivity index (χ3v) is 6.13. The number of amides is 2. The van der Waals surface area contributed by atoms with Crippen LogP contribution in [0.3, 0.4) is 0 Å². The highest BCUT2D eigenvalue weighted by atomic mass is 16.2. The molecule has 2 aliphatic rings. The summed E-state index contributed by atoms with van der Waals surface area (Å²) in [6.45, 7) is 1.88. The summed E-state index contributed by atoms with van der Waals surface area (Å²) in [5.41, 5.74) is 4.81. The highest BCUT2D eigenvalue weighted by molar-refractivity contribution is 5.99. The molecule has 10 heteroatoms. The highest BCUT2D eigenvalue weighted by Crippen LogP contribution is 2.25. The zero-order valence-corrected chi connectivity index (χ0v) is 18.0. The Bertz CT molecular complexity index is 1140. The molecule has 32 heavy (non-hydrogen) atoms. The number of aromatic amines is 2. The van der Waals surface area contributed by atoms with E-state index in [1.54, 1.807) is 0 Å². The van der Waals surface area contributed by atoms with Gasteiger partial charge in [-0.2, -0.15) is 5.10 Å². The molecule has 10 nitrogen and oxygen atoms in total. The van der Waals surface area contributed by atoms with Crippen LogP contribution in [-0.2, 0) is 24.1 Å². The van der Waals surface area contributed by atoms with Crippen molar-refractivity contribution in [3.63, 3.8) is 0 Å². The maximum absolute atomic E-state index is 12.9. The molecule has 0 aromatic carbocycles. The standard InChI is InChI=1S/C22H26N8O2/c1-12(25-22(32)19-13-8-9-18(31)28-20(13)24-11-23-19)16-10-17(30-29-16)21-26-14-6-4-2-3-5-7-15(14)27-21/h10-12H,2-9H2,1H3,(H,25,32)(H,26,27)(H,29,30)(H,23,24,28,31)/t12-/m1/s1. The fourth-order valence-electron chi connectivity index (χ4n) is 4.34. The average molecular weight is 435 g/mol. The average Bonchev–Trinajstić information content (AvgIpc) is 3.40. The molecule has 166 valence electrons. The van der Waals surface area contributed by atoms with Gasteiger partial charge in [0.05, 0.1) is 17.4 Å². The fourth-order valence-corrected chi connectivity index (χ4v) is 4.34. The van der Waals surface area contributed by atoms with Gasteiger partial charge in [0.1, 0.15) is 23.5 Å². The van der Waals surface area contributed by atoms with E-state index in [1.165, 1.54) is 37.7 Å². The van der Waals surface area contributed by atoms with Crippen molar-refractivity contribution in [3.05, 3.63) is 40.7 Å². The summed E-state index contributed by atoms with van der Waals surface area (Å²) >= 11 is 0. The van der Waals surface area contributed by atoms with E-state index in [-0.39, 0.29) is 23.6 Å². The van der Waals surface area contributed by atoms with Crippen LogP contribution in [-0.4, -0.2) is 41.9 Å². The second-order valence-electron chi connectivity index (χ2n) is 8.43. The predicted octanol–water partition coefficient (Wildman–Crippen LogP) is 2.62. The summed E-state index contributed by atoms with van der Waals surface area (Å²) < 4.78 is 0. The highest BCUT2D eigenvalue weighted by Gasteiger charge is 2.25. The Kier molecular flexibility index (Phi) is 5.42. The van der Waals surface area contributed by atoms with Gasteiger partial charge in [-0.1, -0.05) is 12.8 Å². The van der Waals surface area contributed by atoms with Gasteiger partial charge >= 0.3 is 0 Å². The number of imidazole rings is 1. The SMILES string of the molecule is C[C@@H](NC(=O)c1ncnc2c1CCC(=O)N2)c1cc(-c2nc3c([nH]2)CCCCCC3)n[nH]1. The van der Waals surface area contributed by atoms with Crippen LogP contribution in [0.2, 0.25) is 0 Å². The maximum Gasteiger partial charge on any atom is 0.270 e. The lowest BCUT2D eigenvalue weighted by Gasteiger charge is -2.18. The van der Waals surface area contributed by atoms with Crippen molar-refractivity contribution in [2.75, 3.05) is 5.32 Å². The Labute approximate surface area is 185 Å². The molecule has 4 heterocycles. The topological polar surface area (TPSA) is 141 Å². The number of hydrogen-bond acceptors (Lipinski definition) is 6. The van der Waals surface area contributed by atoms with Crippen molar-refractivity contribution in [2.24, 2.45) is 0 Å². The van der Waals surface area contributed by atoms with Crippen LogP contribution >= 0.6 is 0 Å². The monoisotopic (exact) mass is 434 g/mol. The third kappa shape index (κ3) is 4.00. The molecular formula is C22H26N8O2. The van der Waals surface area contributed by atoms with E-state index < -0.39 is 0 Å². The molecule has 5 rings (SSSR count). The smallest absolute Gasteiger partial charge is 0.270 e. The molecule has 0 saturated heterocycles.